The maximum atomic E-state index is 8.49. The second-order valence-corrected chi connectivity index (χ2v) is 4.27. The Hall–Kier alpha value is -1.44. The Morgan fingerprint density at radius 1 is 1.17 bits per heavy atom. The van der Waals surface area contributed by atoms with Crippen LogP contribution in [0.2, 0.25) is 0 Å². The molecule has 0 aliphatic heterocycles. The predicted molar refractivity (Wildman–Crippen MR) is 49.2 cm³/mol. The lowest BCUT2D eigenvalue weighted by Crippen LogP contribution is -2.68. The molecular formula is C11H12ClNO5. The van der Waals surface area contributed by atoms with Crippen molar-refractivity contribution in [3.63, 3.8) is 0 Å². The first-order chi connectivity index (χ1) is 8.34. The Balaban J connectivity index is 0.000000280. The van der Waals surface area contributed by atoms with Crippen LogP contribution < -0.4 is 23.2 Å². The van der Waals surface area contributed by atoms with E-state index in [1.165, 1.54) is 5.56 Å². The van der Waals surface area contributed by atoms with Crippen LogP contribution in [-0.2, 0) is 6.54 Å². The molecule has 0 saturated heterocycles. The van der Waals surface area contributed by atoms with Gasteiger partial charge in [-0.15, -0.1) is 10.2 Å². The number of hydrogen-bond donors (Lipinski definition) is 0. The van der Waals surface area contributed by atoms with Gasteiger partial charge in [0.1, 0.15) is 0 Å². The van der Waals surface area contributed by atoms with Gasteiger partial charge in [-0.2, -0.15) is 4.57 Å². The monoisotopic (exact) mass is 273 g/mol. The zero-order chi connectivity index (χ0) is 13.6. The quantitative estimate of drug-likeness (QED) is 0.548. The maximum absolute atomic E-state index is 8.49. The number of pyridine rings is 1. The number of furan rings is 1. The van der Waals surface area contributed by atoms with Crippen molar-refractivity contribution >= 4 is 0 Å². The van der Waals surface area contributed by atoms with Gasteiger partial charge in [0.15, 0.2) is 18.2 Å². The van der Waals surface area contributed by atoms with Crippen molar-refractivity contribution in [3.8, 4) is 0 Å². The van der Waals surface area contributed by atoms with Crippen molar-refractivity contribution in [1.29, 1.82) is 0 Å². The third-order valence-electron chi connectivity index (χ3n) is 1.92. The van der Waals surface area contributed by atoms with Crippen molar-refractivity contribution in [2.45, 2.75) is 13.5 Å². The van der Waals surface area contributed by atoms with Crippen LogP contribution in [-0.4, -0.2) is 0 Å². The van der Waals surface area contributed by atoms with Gasteiger partial charge in [0.25, 0.3) is 0 Å². The van der Waals surface area contributed by atoms with Gasteiger partial charge in [-0.25, -0.2) is 18.6 Å². The molecule has 18 heavy (non-hydrogen) atoms. The summed E-state index contributed by atoms with van der Waals surface area (Å²) in [6, 6.07) is 8.01. The van der Waals surface area contributed by atoms with E-state index in [0.717, 1.165) is 12.3 Å². The van der Waals surface area contributed by atoms with Crippen LogP contribution >= 0.6 is 0 Å². The molecule has 0 saturated carbocycles. The standard InChI is InChI=1S/C11H12NO.ClHO4/c1-10-4-2-6-12(8-10)9-11-5-3-7-13-11;2-1(3,4)5/h2-8H,9H2,1H3;(H,2,3,4,5)/q+1;/p-1. The molecule has 0 atom stereocenters. The minimum atomic E-state index is -4.94. The van der Waals surface area contributed by atoms with Crippen molar-refractivity contribution in [3.05, 3.63) is 54.2 Å². The van der Waals surface area contributed by atoms with Crippen molar-refractivity contribution in [1.82, 2.24) is 0 Å². The van der Waals surface area contributed by atoms with E-state index in [4.69, 9.17) is 23.1 Å². The average Bonchev–Trinajstić information content (AvgIpc) is 2.67. The number of aryl methyl sites for hydroxylation is 1. The zero-order valence-corrected chi connectivity index (χ0v) is 10.4. The van der Waals surface area contributed by atoms with Crippen LogP contribution in [0.1, 0.15) is 11.3 Å². The molecule has 2 aromatic rings. The fraction of sp³-hybridized carbons (Fsp3) is 0.182. The molecule has 7 heteroatoms. The van der Waals surface area contributed by atoms with Crippen molar-refractivity contribution in [2.24, 2.45) is 0 Å². The molecule has 98 valence electrons. The summed E-state index contributed by atoms with van der Waals surface area (Å²) in [7, 11) is -4.94. The lowest BCUT2D eigenvalue weighted by molar-refractivity contribution is -2.00. The topological polar surface area (TPSA) is 109 Å². The molecule has 0 unspecified atom stereocenters. The average molecular weight is 274 g/mol. The van der Waals surface area contributed by atoms with E-state index in [0.29, 0.717) is 0 Å². The van der Waals surface area contributed by atoms with E-state index in [1.54, 1.807) is 6.26 Å². The van der Waals surface area contributed by atoms with E-state index in [-0.39, 0.29) is 0 Å². The van der Waals surface area contributed by atoms with Crippen LogP contribution in [0.5, 0.6) is 0 Å². The van der Waals surface area contributed by atoms with Crippen LogP contribution in [0.15, 0.2) is 47.3 Å². The third kappa shape index (κ3) is 7.00. The van der Waals surface area contributed by atoms with Gasteiger partial charge in [0, 0.05) is 11.6 Å². The van der Waals surface area contributed by atoms with Gasteiger partial charge in [-0.1, -0.05) is 0 Å². The summed E-state index contributed by atoms with van der Waals surface area (Å²) in [6.45, 7) is 2.88. The summed E-state index contributed by atoms with van der Waals surface area (Å²) in [5.41, 5.74) is 1.26. The molecule has 2 rings (SSSR count). The number of halogens is 1. The Bertz CT molecular complexity index is 461. The van der Waals surface area contributed by atoms with Gasteiger partial charge < -0.3 is 4.42 Å². The van der Waals surface area contributed by atoms with Crippen molar-refractivity contribution in [2.75, 3.05) is 0 Å². The first-order valence-corrected chi connectivity index (χ1v) is 6.18. The first kappa shape index (κ1) is 14.6. The number of aromatic nitrogens is 1. The molecule has 2 aromatic heterocycles. The van der Waals surface area contributed by atoms with Crippen molar-refractivity contribution < 1.29 is 37.9 Å². The lowest BCUT2D eigenvalue weighted by atomic mass is 10.3. The Morgan fingerprint density at radius 2 is 1.83 bits per heavy atom. The van der Waals surface area contributed by atoms with Gasteiger partial charge in [0.05, 0.1) is 6.26 Å². The van der Waals surface area contributed by atoms with E-state index in [2.05, 4.69) is 23.8 Å². The summed E-state index contributed by atoms with van der Waals surface area (Å²) in [4.78, 5) is 0. The molecule has 0 radical (unpaired) electrons. The number of rotatable bonds is 2. The summed E-state index contributed by atoms with van der Waals surface area (Å²) >= 11 is 0. The molecular weight excluding hydrogens is 262 g/mol. The smallest absolute Gasteiger partial charge is 0.205 e. The van der Waals surface area contributed by atoms with E-state index in [9.17, 15) is 0 Å². The predicted octanol–water partition coefficient (Wildman–Crippen LogP) is -2.83. The SMILES string of the molecule is Cc1ccc[n+](Cc2ccco2)c1.[O-][Cl+3]([O-])([O-])[O-]. The highest BCUT2D eigenvalue weighted by Gasteiger charge is 2.03. The van der Waals surface area contributed by atoms with Crippen LogP contribution in [0.4, 0.5) is 0 Å². The molecule has 0 amide bonds. The molecule has 2 heterocycles. The van der Waals surface area contributed by atoms with Gasteiger partial charge in [-0.3, -0.25) is 0 Å². The molecule has 0 fully saturated rings. The highest BCUT2D eigenvalue weighted by atomic mass is 35.7. The summed E-state index contributed by atoms with van der Waals surface area (Å²) in [6.07, 6.45) is 5.84. The normalized spacial score (nSPS) is 10.7. The molecule has 0 aliphatic carbocycles. The van der Waals surface area contributed by atoms with E-state index >= 15 is 0 Å². The minimum absolute atomic E-state index is 0.800. The molecule has 0 aliphatic rings. The Labute approximate surface area is 106 Å². The molecule has 0 bridgehead atoms. The van der Waals surface area contributed by atoms with E-state index in [1.807, 2.05) is 24.4 Å². The third-order valence-corrected chi connectivity index (χ3v) is 1.92. The van der Waals surface area contributed by atoms with Gasteiger partial charge in [0.2, 0.25) is 6.54 Å². The first-order valence-electron chi connectivity index (χ1n) is 4.94. The second-order valence-electron chi connectivity index (χ2n) is 3.51. The van der Waals surface area contributed by atoms with Crippen LogP contribution in [0.25, 0.3) is 0 Å². The minimum Gasteiger partial charge on any atom is -0.463 e. The molecule has 0 N–H and O–H groups in total. The largest absolute Gasteiger partial charge is 0.463 e. The summed E-state index contributed by atoms with van der Waals surface area (Å²) in [5, 5.41) is 0. The highest BCUT2D eigenvalue weighted by Crippen LogP contribution is 1.99. The number of nitrogens with zero attached hydrogens (tertiary/aromatic N) is 1. The zero-order valence-electron chi connectivity index (χ0n) is 9.61. The van der Waals surface area contributed by atoms with Crippen LogP contribution in [0, 0.1) is 17.2 Å². The second kappa shape index (κ2) is 6.48. The van der Waals surface area contributed by atoms with Gasteiger partial charge >= 0.3 is 0 Å². The Kier molecular flexibility index (Phi) is 5.26. The molecule has 0 spiro atoms. The Morgan fingerprint density at radius 3 is 2.33 bits per heavy atom. The summed E-state index contributed by atoms with van der Waals surface area (Å²) in [5.74, 6) is 0.982. The molecule has 6 nitrogen and oxygen atoms in total. The fourth-order valence-corrected chi connectivity index (χ4v) is 1.33. The molecule has 0 aromatic carbocycles. The fourth-order valence-electron chi connectivity index (χ4n) is 1.33. The lowest BCUT2D eigenvalue weighted by Gasteiger charge is -2.17. The maximum Gasteiger partial charge on any atom is 0.205 e. The number of hydrogen-bond acceptors (Lipinski definition) is 5. The summed E-state index contributed by atoms with van der Waals surface area (Å²) < 4.78 is 41.3. The van der Waals surface area contributed by atoms with E-state index < -0.39 is 10.2 Å². The highest BCUT2D eigenvalue weighted by molar-refractivity contribution is 5.02. The van der Waals surface area contributed by atoms with Crippen LogP contribution in [0.3, 0.4) is 0 Å². The van der Waals surface area contributed by atoms with Gasteiger partial charge in [-0.05, 0) is 25.1 Å².